The standard InChI is InChI=1S/C9H15N3O2S/c1-4-11-8-5-6-10-7-9(8)15(13,14)12(2)3/h5-7H,4H2,1-3H3,(H,10,11). The summed E-state index contributed by atoms with van der Waals surface area (Å²) < 4.78 is 24.9. The fraction of sp³-hybridized carbons (Fsp3) is 0.444. The third-order valence-electron chi connectivity index (χ3n) is 1.91. The lowest BCUT2D eigenvalue weighted by atomic mass is 10.4. The van der Waals surface area contributed by atoms with Crippen molar-refractivity contribution in [1.82, 2.24) is 9.29 Å². The molecule has 0 aliphatic carbocycles. The number of aromatic nitrogens is 1. The predicted octanol–water partition coefficient (Wildman–Crippen LogP) is 0.764. The lowest BCUT2D eigenvalue weighted by Gasteiger charge is -2.14. The summed E-state index contributed by atoms with van der Waals surface area (Å²) in [5, 5.41) is 2.99. The molecule has 0 fully saturated rings. The second-order valence-corrected chi connectivity index (χ2v) is 5.31. The number of hydrogen-bond acceptors (Lipinski definition) is 4. The zero-order valence-electron chi connectivity index (χ0n) is 9.06. The Morgan fingerprint density at radius 3 is 2.67 bits per heavy atom. The molecule has 0 radical (unpaired) electrons. The minimum atomic E-state index is -3.42. The smallest absolute Gasteiger partial charge is 0.246 e. The van der Waals surface area contributed by atoms with E-state index in [1.165, 1.54) is 24.6 Å². The molecular weight excluding hydrogens is 214 g/mol. The summed E-state index contributed by atoms with van der Waals surface area (Å²) in [5.41, 5.74) is 0.584. The number of rotatable bonds is 4. The number of hydrogen-bond donors (Lipinski definition) is 1. The van der Waals surface area contributed by atoms with Gasteiger partial charge >= 0.3 is 0 Å². The van der Waals surface area contributed by atoms with E-state index in [9.17, 15) is 8.42 Å². The molecule has 0 aliphatic rings. The van der Waals surface area contributed by atoms with Crippen LogP contribution >= 0.6 is 0 Å². The van der Waals surface area contributed by atoms with Crippen molar-refractivity contribution in [2.75, 3.05) is 26.0 Å². The molecule has 1 heterocycles. The van der Waals surface area contributed by atoms with Gasteiger partial charge in [0.2, 0.25) is 10.0 Å². The summed E-state index contributed by atoms with van der Waals surface area (Å²) in [5.74, 6) is 0. The van der Waals surface area contributed by atoms with Crippen LogP contribution in [0.4, 0.5) is 5.69 Å². The van der Waals surface area contributed by atoms with E-state index in [1.54, 1.807) is 12.3 Å². The second kappa shape index (κ2) is 4.59. The van der Waals surface area contributed by atoms with Gasteiger partial charge in [0.1, 0.15) is 4.90 Å². The molecule has 0 saturated heterocycles. The minimum absolute atomic E-state index is 0.205. The van der Waals surface area contributed by atoms with Crippen LogP contribution in [-0.2, 0) is 10.0 Å². The Labute approximate surface area is 90.2 Å². The van der Waals surface area contributed by atoms with Crippen LogP contribution in [0, 0.1) is 0 Å². The Hall–Kier alpha value is -1.14. The van der Waals surface area contributed by atoms with Crippen molar-refractivity contribution in [3.63, 3.8) is 0 Å². The molecule has 84 valence electrons. The van der Waals surface area contributed by atoms with Crippen molar-refractivity contribution < 1.29 is 8.42 Å². The van der Waals surface area contributed by atoms with Gasteiger partial charge in [0.25, 0.3) is 0 Å². The van der Waals surface area contributed by atoms with Gasteiger partial charge in [-0.1, -0.05) is 0 Å². The monoisotopic (exact) mass is 229 g/mol. The van der Waals surface area contributed by atoms with Crippen molar-refractivity contribution in [2.45, 2.75) is 11.8 Å². The number of nitrogens with one attached hydrogen (secondary N) is 1. The van der Waals surface area contributed by atoms with Gasteiger partial charge in [-0.25, -0.2) is 12.7 Å². The first-order valence-corrected chi connectivity index (χ1v) is 6.04. The van der Waals surface area contributed by atoms with E-state index in [0.29, 0.717) is 12.2 Å². The van der Waals surface area contributed by atoms with E-state index >= 15 is 0 Å². The van der Waals surface area contributed by atoms with Crippen molar-refractivity contribution in [3.8, 4) is 0 Å². The molecule has 0 aromatic carbocycles. The third-order valence-corrected chi connectivity index (χ3v) is 3.75. The number of pyridine rings is 1. The van der Waals surface area contributed by atoms with Gasteiger partial charge < -0.3 is 5.32 Å². The van der Waals surface area contributed by atoms with Gasteiger partial charge in [0, 0.05) is 33.0 Å². The van der Waals surface area contributed by atoms with Crippen molar-refractivity contribution in [3.05, 3.63) is 18.5 Å². The molecule has 0 unspecified atom stereocenters. The molecular formula is C9H15N3O2S. The van der Waals surface area contributed by atoms with E-state index in [-0.39, 0.29) is 4.90 Å². The average Bonchev–Trinajstić information content (AvgIpc) is 2.18. The SMILES string of the molecule is CCNc1ccncc1S(=O)(=O)N(C)C. The maximum absolute atomic E-state index is 11.9. The largest absolute Gasteiger partial charge is 0.384 e. The maximum atomic E-state index is 11.9. The molecule has 1 N–H and O–H groups in total. The second-order valence-electron chi connectivity index (χ2n) is 3.19. The molecule has 1 aromatic rings. The molecule has 0 atom stereocenters. The summed E-state index contributed by atoms with van der Waals surface area (Å²) in [4.78, 5) is 4.04. The Bertz CT molecular complexity index is 429. The molecule has 15 heavy (non-hydrogen) atoms. The fourth-order valence-electron chi connectivity index (χ4n) is 1.12. The highest BCUT2D eigenvalue weighted by Gasteiger charge is 2.20. The molecule has 0 aliphatic heterocycles. The van der Waals surface area contributed by atoms with Crippen LogP contribution < -0.4 is 5.32 Å². The molecule has 0 saturated carbocycles. The first-order chi connectivity index (χ1) is 7.00. The maximum Gasteiger partial charge on any atom is 0.246 e. The highest BCUT2D eigenvalue weighted by molar-refractivity contribution is 7.89. The van der Waals surface area contributed by atoms with E-state index < -0.39 is 10.0 Å². The number of nitrogens with zero attached hydrogens (tertiary/aromatic N) is 2. The fourth-order valence-corrected chi connectivity index (χ4v) is 2.12. The van der Waals surface area contributed by atoms with Gasteiger partial charge in [0.15, 0.2) is 0 Å². The Morgan fingerprint density at radius 1 is 1.47 bits per heavy atom. The third kappa shape index (κ3) is 2.45. The van der Waals surface area contributed by atoms with Crippen LogP contribution in [0.1, 0.15) is 6.92 Å². The van der Waals surface area contributed by atoms with Gasteiger partial charge in [-0.2, -0.15) is 0 Å². The molecule has 1 rings (SSSR count). The topological polar surface area (TPSA) is 62.3 Å². The zero-order chi connectivity index (χ0) is 11.5. The van der Waals surface area contributed by atoms with E-state index in [4.69, 9.17) is 0 Å². The minimum Gasteiger partial charge on any atom is -0.384 e. The molecule has 1 aromatic heterocycles. The molecule has 6 heteroatoms. The molecule has 0 amide bonds. The summed E-state index contributed by atoms with van der Waals surface area (Å²) in [6.45, 7) is 2.58. The zero-order valence-corrected chi connectivity index (χ0v) is 9.87. The Kier molecular flexibility index (Phi) is 3.65. The van der Waals surface area contributed by atoms with Crippen molar-refractivity contribution >= 4 is 15.7 Å². The van der Waals surface area contributed by atoms with Crippen molar-refractivity contribution in [1.29, 1.82) is 0 Å². The first-order valence-electron chi connectivity index (χ1n) is 4.60. The molecule has 0 spiro atoms. The van der Waals surface area contributed by atoms with E-state index in [1.807, 2.05) is 6.92 Å². The summed E-state index contributed by atoms with van der Waals surface area (Å²) in [6.07, 6.45) is 2.92. The van der Waals surface area contributed by atoms with Gasteiger partial charge in [-0.3, -0.25) is 4.98 Å². The van der Waals surface area contributed by atoms with Crippen LogP contribution in [0.2, 0.25) is 0 Å². The van der Waals surface area contributed by atoms with Crippen molar-refractivity contribution in [2.24, 2.45) is 0 Å². The number of anilines is 1. The highest BCUT2D eigenvalue weighted by atomic mass is 32.2. The lowest BCUT2D eigenvalue weighted by Crippen LogP contribution is -2.23. The van der Waals surface area contributed by atoms with E-state index in [2.05, 4.69) is 10.3 Å². The van der Waals surface area contributed by atoms with Crippen LogP contribution in [0.3, 0.4) is 0 Å². The molecule has 5 nitrogen and oxygen atoms in total. The predicted molar refractivity (Wildman–Crippen MR) is 59.3 cm³/mol. The van der Waals surface area contributed by atoms with Gasteiger partial charge in [-0.05, 0) is 13.0 Å². The normalized spacial score (nSPS) is 11.7. The van der Waals surface area contributed by atoms with E-state index in [0.717, 1.165) is 0 Å². The highest BCUT2D eigenvalue weighted by Crippen LogP contribution is 2.21. The van der Waals surface area contributed by atoms with Gasteiger partial charge in [0.05, 0.1) is 5.69 Å². The average molecular weight is 229 g/mol. The summed E-state index contributed by atoms with van der Waals surface area (Å²) >= 11 is 0. The Morgan fingerprint density at radius 2 is 2.13 bits per heavy atom. The van der Waals surface area contributed by atoms with Crippen LogP contribution in [0.15, 0.2) is 23.4 Å². The first kappa shape index (κ1) is 11.9. The Balaban J connectivity index is 3.25. The van der Waals surface area contributed by atoms with Gasteiger partial charge in [-0.15, -0.1) is 0 Å². The quantitative estimate of drug-likeness (QED) is 0.828. The van der Waals surface area contributed by atoms with Crippen LogP contribution in [0.25, 0.3) is 0 Å². The molecule has 0 bridgehead atoms. The number of sulfonamides is 1. The summed E-state index contributed by atoms with van der Waals surface area (Å²) in [6, 6.07) is 1.65. The van der Waals surface area contributed by atoms with Crippen LogP contribution in [-0.4, -0.2) is 38.3 Å². The lowest BCUT2D eigenvalue weighted by molar-refractivity contribution is 0.520. The summed E-state index contributed by atoms with van der Waals surface area (Å²) in [7, 11) is -0.425. The van der Waals surface area contributed by atoms with Crippen LogP contribution in [0.5, 0.6) is 0 Å².